The minimum Gasteiger partial charge on any atom is -0.492 e. The first-order valence-electron chi connectivity index (χ1n) is 6.33. The lowest BCUT2D eigenvalue weighted by Crippen LogP contribution is -2.26. The Balaban J connectivity index is 2.01. The minimum absolute atomic E-state index is 0.192. The zero-order valence-corrected chi connectivity index (χ0v) is 13.8. The number of ether oxygens (including phenoxy) is 4. The number of benzene rings is 1. The summed E-state index contributed by atoms with van der Waals surface area (Å²) in [5.41, 5.74) is 1.01. The molecule has 0 saturated carbocycles. The van der Waals surface area contributed by atoms with Gasteiger partial charge in [0.25, 0.3) is 0 Å². The predicted molar refractivity (Wildman–Crippen MR) is 85.1 cm³/mol. The predicted octanol–water partition coefficient (Wildman–Crippen LogP) is 2.48. The number of hydrogen-bond donors (Lipinski definition) is 1. The molecule has 1 amide bonds. The first kappa shape index (κ1) is 15.7. The third kappa shape index (κ3) is 3.72. The van der Waals surface area contributed by atoms with Crippen molar-refractivity contribution in [3.05, 3.63) is 27.9 Å². The molecule has 0 aromatic heterocycles. The van der Waals surface area contributed by atoms with Crippen LogP contribution in [0.5, 0.6) is 17.2 Å². The Bertz CT molecular complexity index is 547. The molecule has 0 atom stereocenters. The molecular formula is C14H16INO5. The summed E-state index contributed by atoms with van der Waals surface area (Å²) in [5.74, 6) is 1.95. The molecule has 1 N–H and O–H groups in total. The van der Waals surface area contributed by atoms with E-state index in [9.17, 15) is 4.79 Å². The van der Waals surface area contributed by atoms with Crippen molar-refractivity contribution < 1.29 is 23.7 Å². The second-order valence-corrected chi connectivity index (χ2v) is 5.26. The van der Waals surface area contributed by atoms with E-state index in [0.29, 0.717) is 30.2 Å². The van der Waals surface area contributed by atoms with Crippen molar-refractivity contribution in [3.63, 3.8) is 0 Å². The second kappa shape index (κ2) is 7.39. The van der Waals surface area contributed by atoms with Gasteiger partial charge in [-0.3, -0.25) is 0 Å². The van der Waals surface area contributed by atoms with Crippen LogP contribution in [0.2, 0.25) is 0 Å². The molecule has 0 spiro atoms. The van der Waals surface area contributed by atoms with Crippen LogP contribution in [0.25, 0.3) is 0 Å². The number of amides is 1. The molecule has 21 heavy (non-hydrogen) atoms. The summed E-state index contributed by atoms with van der Waals surface area (Å²) < 4.78 is 21.9. The van der Waals surface area contributed by atoms with Gasteiger partial charge in [0, 0.05) is 6.54 Å². The molecule has 0 unspecified atom stereocenters. The molecule has 0 saturated heterocycles. The molecule has 6 nitrogen and oxygen atoms in total. The second-order valence-electron chi connectivity index (χ2n) is 4.18. The van der Waals surface area contributed by atoms with Gasteiger partial charge in [-0.1, -0.05) is 12.7 Å². The number of hydrogen-bond acceptors (Lipinski definition) is 5. The monoisotopic (exact) mass is 405 g/mol. The maximum atomic E-state index is 11.3. The quantitative estimate of drug-likeness (QED) is 0.582. The summed E-state index contributed by atoms with van der Waals surface area (Å²) in [6.07, 6.45) is 1.69. The van der Waals surface area contributed by atoms with Crippen LogP contribution in [-0.2, 0) is 11.2 Å². The van der Waals surface area contributed by atoms with Gasteiger partial charge in [0.05, 0.1) is 10.7 Å². The third-order valence-electron chi connectivity index (χ3n) is 2.83. The molecule has 2 rings (SSSR count). The number of nitrogens with one attached hydrogen (secondary N) is 1. The first-order valence-corrected chi connectivity index (χ1v) is 7.41. The highest BCUT2D eigenvalue weighted by Crippen LogP contribution is 2.45. The van der Waals surface area contributed by atoms with Gasteiger partial charge in [-0.15, -0.1) is 0 Å². The Morgan fingerprint density at radius 3 is 3.10 bits per heavy atom. The fourth-order valence-corrected chi connectivity index (χ4v) is 2.78. The fourth-order valence-electron chi connectivity index (χ4n) is 1.89. The number of rotatable bonds is 6. The highest BCUT2D eigenvalue weighted by atomic mass is 127. The van der Waals surface area contributed by atoms with Crippen molar-refractivity contribution in [1.29, 1.82) is 0 Å². The zero-order chi connectivity index (χ0) is 15.2. The SMILES string of the molecule is C=CCOC(=O)NCCc1cc2c(c(OC)c1I)OCO2. The van der Waals surface area contributed by atoms with Crippen LogP contribution in [-0.4, -0.2) is 33.1 Å². The molecule has 0 radical (unpaired) electrons. The van der Waals surface area contributed by atoms with E-state index in [4.69, 9.17) is 18.9 Å². The number of methoxy groups -OCH3 is 1. The molecule has 1 aromatic carbocycles. The van der Waals surface area contributed by atoms with Gasteiger partial charge in [0.1, 0.15) is 6.61 Å². The third-order valence-corrected chi connectivity index (χ3v) is 4.02. The summed E-state index contributed by atoms with van der Waals surface area (Å²) in [6.45, 7) is 4.32. The van der Waals surface area contributed by atoms with Gasteiger partial charge in [-0.2, -0.15) is 0 Å². The van der Waals surface area contributed by atoms with Crippen molar-refractivity contribution in [1.82, 2.24) is 5.32 Å². The fraction of sp³-hybridized carbons (Fsp3) is 0.357. The summed E-state index contributed by atoms with van der Waals surface area (Å²) in [4.78, 5) is 11.3. The average molecular weight is 405 g/mol. The van der Waals surface area contributed by atoms with Crippen molar-refractivity contribution in [2.24, 2.45) is 0 Å². The Labute approximate surface area is 136 Å². The number of alkyl carbamates (subject to hydrolysis) is 1. The van der Waals surface area contributed by atoms with Crippen LogP contribution in [0, 0.1) is 3.57 Å². The topological polar surface area (TPSA) is 66.0 Å². The van der Waals surface area contributed by atoms with Gasteiger partial charge in [-0.05, 0) is 40.6 Å². The maximum Gasteiger partial charge on any atom is 0.407 e. The van der Waals surface area contributed by atoms with Gasteiger partial charge < -0.3 is 24.3 Å². The maximum absolute atomic E-state index is 11.3. The molecule has 0 bridgehead atoms. The van der Waals surface area contributed by atoms with Crippen LogP contribution in [0.15, 0.2) is 18.7 Å². The average Bonchev–Trinajstić information content (AvgIpc) is 2.93. The van der Waals surface area contributed by atoms with Crippen molar-refractivity contribution in [2.75, 3.05) is 27.1 Å². The van der Waals surface area contributed by atoms with Crippen LogP contribution in [0.1, 0.15) is 5.56 Å². The van der Waals surface area contributed by atoms with Crippen molar-refractivity contribution >= 4 is 28.7 Å². The van der Waals surface area contributed by atoms with E-state index in [-0.39, 0.29) is 13.4 Å². The molecule has 1 aromatic rings. The van der Waals surface area contributed by atoms with E-state index in [0.717, 1.165) is 9.13 Å². The molecule has 1 heterocycles. The number of fused-ring (bicyclic) bond motifs is 1. The Kier molecular flexibility index (Phi) is 5.54. The normalized spacial score (nSPS) is 11.9. The zero-order valence-electron chi connectivity index (χ0n) is 11.6. The van der Waals surface area contributed by atoms with E-state index in [1.807, 2.05) is 6.07 Å². The number of halogens is 1. The first-order chi connectivity index (χ1) is 10.2. The van der Waals surface area contributed by atoms with E-state index < -0.39 is 6.09 Å². The molecule has 0 aliphatic carbocycles. The molecular weight excluding hydrogens is 389 g/mol. The van der Waals surface area contributed by atoms with E-state index in [1.165, 1.54) is 6.08 Å². The van der Waals surface area contributed by atoms with Gasteiger partial charge in [0.15, 0.2) is 11.5 Å². The number of carbonyl (C=O) groups excluding carboxylic acids is 1. The molecule has 7 heteroatoms. The highest BCUT2D eigenvalue weighted by molar-refractivity contribution is 14.1. The summed E-state index contributed by atoms with van der Waals surface area (Å²) in [6, 6.07) is 1.91. The lowest BCUT2D eigenvalue weighted by Gasteiger charge is -2.12. The summed E-state index contributed by atoms with van der Waals surface area (Å²) in [5, 5.41) is 2.67. The largest absolute Gasteiger partial charge is 0.492 e. The standard InChI is InChI=1S/C14H16INO5/c1-3-6-19-14(17)16-5-4-9-7-10-12(21-8-20-10)13(18-2)11(9)15/h3,7H,1,4-6,8H2,2H3,(H,16,17). The smallest absolute Gasteiger partial charge is 0.407 e. The van der Waals surface area contributed by atoms with Crippen LogP contribution in [0.3, 0.4) is 0 Å². The Morgan fingerprint density at radius 1 is 1.57 bits per heavy atom. The number of carbonyl (C=O) groups is 1. The van der Waals surface area contributed by atoms with Crippen molar-refractivity contribution in [2.45, 2.75) is 6.42 Å². The lowest BCUT2D eigenvalue weighted by molar-refractivity contribution is 0.158. The van der Waals surface area contributed by atoms with E-state index in [2.05, 4.69) is 34.5 Å². The van der Waals surface area contributed by atoms with Gasteiger partial charge in [-0.25, -0.2) is 4.79 Å². The van der Waals surface area contributed by atoms with E-state index in [1.54, 1.807) is 7.11 Å². The molecule has 114 valence electrons. The van der Waals surface area contributed by atoms with Gasteiger partial charge in [0.2, 0.25) is 12.5 Å². The Hall–Kier alpha value is -1.64. The summed E-state index contributed by atoms with van der Waals surface area (Å²) in [7, 11) is 1.59. The van der Waals surface area contributed by atoms with Crippen molar-refractivity contribution in [3.8, 4) is 17.2 Å². The van der Waals surface area contributed by atoms with E-state index >= 15 is 0 Å². The summed E-state index contributed by atoms with van der Waals surface area (Å²) >= 11 is 2.20. The van der Waals surface area contributed by atoms with Crippen LogP contribution >= 0.6 is 22.6 Å². The minimum atomic E-state index is -0.461. The molecule has 1 aliphatic heterocycles. The Morgan fingerprint density at radius 2 is 2.38 bits per heavy atom. The molecule has 1 aliphatic rings. The van der Waals surface area contributed by atoms with Crippen LogP contribution in [0.4, 0.5) is 4.79 Å². The van der Waals surface area contributed by atoms with Gasteiger partial charge >= 0.3 is 6.09 Å². The van der Waals surface area contributed by atoms with Crippen LogP contribution < -0.4 is 19.5 Å². The highest BCUT2D eigenvalue weighted by Gasteiger charge is 2.23. The molecule has 0 fully saturated rings. The lowest BCUT2D eigenvalue weighted by atomic mass is 10.1.